The van der Waals surface area contributed by atoms with Crippen LogP contribution < -0.4 is 20.5 Å². The minimum atomic E-state index is 0.364. The van der Waals surface area contributed by atoms with E-state index in [-0.39, 0.29) is 0 Å². The van der Waals surface area contributed by atoms with Crippen LogP contribution in [0, 0.1) is 0 Å². The smallest absolute Gasteiger partial charge is 0.229 e. The van der Waals surface area contributed by atoms with Crippen molar-refractivity contribution in [2.45, 2.75) is 0 Å². The van der Waals surface area contributed by atoms with E-state index in [4.69, 9.17) is 26.8 Å². The Balaban J connectivity index is 2.38. The summed E-state index contributed by atoms with van der Waals surface area (Å²) in [6.45, 7) is 0. The number of benzene rings is 1. The number of halogens is 1. The van der Waals surface area contributed by atoms with Gasteiger partial charge in [0.1, 0.15) is 17.3 Å². The van der Waals surface area contributed by atoms with Gasteiger partial charge in [0.15, 0.2) is 0 Å². The summed E-state index contributed by atoms with van der Waals surface area (Å²) < 4.78 is 10.4. The van der Waals surface area contributed by atoms with Gasteiger partial charge >= 0.3 is 0 Å². The second-order valence-electron chi connectivity index (χ2n) is 3.62. The fourth-order valence-corrected chi connectivity index (χ4v) is 1.74. The van der Waals surface area contributed by atoms with Crippen molar-refractivity contribution in [2.75, 3.05) is 25.3 Å². The molecule has 0 bridgehead atoms. The van der Waals surface area contributed by atoms with Gasteiger partial charge in [-0.1, -0.05) is 11.6 Å². The topological polar surface area (TPSA) is 82.3 Å². The Hall–Kier alpha value is -2.21. The summed E-state index contributed by atoms with van der Waals surface area (Å²) in [5.41, 5.74) is 6.23. The second kappa shape index (κ2) is 5.62. The van der Waals surface area contributed by atoms with Crippen molar-refractivity contribution in [2.24, 2.45) is 0 Å². The Morgan fingerprint density at radius 2 is 1.95 bits per heavy atom. The highest BCUT2D eigenvalue weighted by Crippen LogP contribution is 2.36. The summed E-state index contributed by atoms with van der Waals surface area (Å²) in [6.07, 6.45) is 1.56. The number of anilines is 3. The molecule has 0 aliphatic rings. The lowest BCUT2D eigenvalue weighted by molar-refractivity contribution is 0.405. The van der Waals surface area contributed by atoms with Gasteiger partial charge in [-0.05, 0) is 6.07 Å². The normalized spacial score (nSPS) is 10.1. The van der Waals surface area contributed by atoms with E-state index in [0.29, 0.717) is 34.0 Å². The van der Waals surface area contributed by atoms with Crippen LogP contribution in [0.25, 0.3) is 0 Å². The zero-order valence-electron chi connectivity index (χ0n) is 10.5. The summed E-state index contributed by atoms with van der Waals surface area (Å²) in [6, 6.07) is 4.95. The first-order valence-electron chi connectivity index (χ1n) is 5.41. The van der Waals surface area contributed by atoms with Crippen molar-refractivity contribution >= 4 is 29.1 Å². The van der Waals surface area contributed by atoms with Crippen molar-refractivity contribution in [1.29, 1.82) is 0 Å². The van der Waals surface area contributed by atoms with Gasteiger partial charge in [0.05, 0.1) is 24.9 Å². The van der Waals surface area contributed by atoms with Crippen LogP contribution in [-0.4, -0.2) is 24.2 Å². The molecule has 0 atom stereocenters. The third-order valence-electron chi connectivity index (χ3n) is 2.40. The highest BCUT2D eigenvalue weighted by atomic mass is 35.5. The molecule has 0 amide bonds. The molecule has 0 saturated heterocycles. The lowest BCUT2D eigenvalue weighted by Crippen LogP contribution is -2.01. The van der Waals surface area contributed by atoms with Crippen LogP contribution in [0.1, 0.15) is 0 Å². The summed E-state index contributed by atoms with van der Waals surface area (Å²) in [7, 11) is 3.08. The summed E-state index contributed by atoms with van der Waals surface area (Å²) >= 11 is 6.02. The number of ether oxygens (including phenoxy) is 2. The molecule has 0 unspecified atom stereocenters. The maximum Gasteiger partial charge on any atom is 0.229 e. The van der Waals surface area contributed by atoms with E-state index in [1.54, 1.807) is 31.5 Å². The maximum absolute atomic E-state index is 6.02. The average molecular weight is 281 g/mol. The lowest BCUT2D eigenvalue weighted by atomic mass is 10.2. The molecule has 0 radical (unpaired) electrons. The van der Waals surface area contributed by atoms with E-state index in [9.17, 15) is 0 Å². The predicted molar refractivity (Wildman–Crippen MR) is 74.3 cm³/mol. The largest absolute Gasteiger partial charge is 0.495 e. The van der Waals surface area contributed by atoms with Crippen LogP contribution in [-0.2, 0) is 0 Å². The van der Waals surface area contributed by atoms with Crippen molar-refractivity contribution in [3.05, 3.63) is 29.4 Å². The standard InChI is InChI=1S/C12H13ClN4O2/c1-18-9-6-8(10(19-2)5-7(9)13)16-12-15-4-3-11(14)17-12/h3-6H,1-2H3,(H3,14,15,16,17). The molecule has 2 aromatic rings. The van der Waals surface area contributed by atoms with Gasteiger partial charge in [0, 0.05) is 18.3 Å². The fourth-order valence-electron chi connectivity index (χ4n) is 1.51. The zero-order valence-corrected chi connectivity index (χ0v) is 11.2. The molecule has 0 aliphatic carbocycles. The van der Waals surface area contributed by atoms with Crippen LogP contribution in [0.15, 0.2) is 24.4 Å². The predicted octanol–water partition coefficient (Wildman–Crippen LogP) is 2.47. The number of nitrogens with one attached hydrogen (secondary N) is 1. The number of hydrogen-bond acceptors (Lipinski definition) is 6. The Morgan fingerprint density at radius 1 is 1.21 bits per heavy atom. The van der Waals surface area contributed by atoms with Crippen molar-refractivity contribution in [1.82, 2.24) is 9.97 Å². The molecule has 0 spiro atoms. The van der Waals surface area contributed by atoms with Crippen LogP contribution in [0.3, 0.4) is 0 Å². The number of rotatable bonds is 4. The number of nitrogens with two attached hydrogens (primary N) is 1. The van der Waals surface area contributed by atoms with E-state index in [1.807, 2.05) is 0 Å². The van der Waals surface area contributed by atoms with Gasteiger partial charge < -0.3 is 20.5 Å². The van der Waals surface area contributed by atoms with Crippen molar-refractivity contribution in [3.63, 3.8) is 0 Å². The van der Waals surface area contributed by atoms with E-state index in [1.165, 1.54) is 7.11 Å². The molecule has 2 rings (SSSR count). The summed E-state index contributed by atoms with van der Waals surface area (Å²) in [4.78, 5) is 8.10. The van der Waals surface area contributed by atoms with Crippen LogP contribution in [0.5, 0.6) is 11.5 Å². The average Bonchev–Trinajstić information content (AvgIpc) is 2.40. The van der Waals surface area contributed by atoms with Crippen LogP contribution in [0.4, 0.5) is 17.5 Å². The molecule has 3 N–H and O–H groups in total. The van der Waals surface area contributed by atoms with E-state index in [0.717, 1.165) is 0 Å². The van der Waals surface area contributed by atoms with Crippen LogP contribution >= 0.6 is 11.6 Å². The molecule has 19 heavy (non-hydrogen) atoms. The van der Waals surface area contributed by atoms with Gasteiger partial charge in [-0.2, -0.15) is 4.98 Å². The highest BCUT2D eigenvalue weighted by molar-refractivity contribution is 6.32. The number of nitrogen functional groups attached to an aromatic ring is 1. The number of methoxy groups -OCH3 is 2. The molecule has 1 aromatic carbocycles. The van der Waals surface area contributed by atoms with E-state index < -0.39 is 0 Å². The summed E-state index contributed by atoms with van der Waals surface area (Å²) in [5.74, 6) is 1.81. The maximum atomic E-state index is 6.02. The summed E-state index contributed by atoms with van der Waals surface area (Å²) in [5, 5.41) is 3.46. The first kappa shape index (κ1) is 13.2. The van der Waals surface area contributed by atoms with Gasteiger partial charge in [-0.3, -0.25) is 0 Å². The molecule has 0 aliphatic heterocycles. The van der Waals surface area contributed by atoms with Gasteiger partial charge in [0.25, 0.3) is 0 Å². The number of hydrogen-bond donors (Lipinski definition) is 2. The third-order valence-corrected chi connectivity index (χ3v) is 2.69. The Bertz CT molecular complexity index is 592. The highest BCUT2D eigenvalue weighted by Gasteiger charge is 2.11. The Kier molecular flexibility index (Phi) is 3.91. The van der Waals surface area contributed by atoms with E-state index >= 15 is 0 Å². The number of nitrogens with zero attached hydrogens (tertiary/aromatic N) is 2. The minimum absolute atomic E-state index is 0.364. The second-order valence-corrected chi connectivity index (χ2v) is 4.02. The zero-order chi connectivity index (χ0) is 13.8. The molecule has 6 nitrogen and oxygen atoms in total. The molecule has 100 valence electrons. The monoisotopic (exact) mass is 280 g/mol. The van der Waals surface area contributed by atoms with Gasteiger partial charge in [0.2, 0.25) is 5.95 Å². The Labute approximate surface area is 115 Å². The molecule has 0 fully saturated rings. The molecular weight excluding hydrogens is 268 g/mol. The first-order chi connectivity index (χ1) is 9.13. The lowest BCUT2D eigenvalue weighted by Gasteiger charge is -2.13. The number of aromatic nitrogens is 2. The van der Waals surface area contributed by atoms with Crippen molar-refractivity contribution in [3.8, 4) is 11.5 Å². The van der Waals surface area contributed by atoms with Gasteiger partial charge in [-0.25, -0.2) is 4.98 Å². The molecule has 0 saturated carbocycles. The fraction of sp³-hybridized carbons (Fsp3) is 0.167. The SMILES string of the molecule is COc1cc(Nc2nccc(N)n2)c(OC)cc1Cl. The van der Waals surface area contributed by atoms with Crippen molar-refractivity contribution < 1.29 is 9.47 Å². The molecular formula is C12H13ClN4O2. The van der Waals surface area contributed by atoms with E-state index in [2.05, 4.69) is 15.3 Å². The molecule has 1 heterocycles. The van der Waals surface area contributed by atoms with Crippen LogP contribution in [0.2, 0.25) is 5.02 Å². The Morgan fingerprint density at radius 3 is 2.58 bits per heavy atom. The first-order valence-corrected chi connectivity index (χ1v) is 5.79. The minimum Gasteiger partial charge on any atom is -0.495 e. The molecule has 7 heteroatoms. The third kappa shape index (κ3) is 2.97. The van der Waals surface area contributed by atoms with Gasteiger partial charge in [-0.15, -0.1) is 0 Å². The quantitative estimate of drug-likeness (QED) is 0.895. The molecule has 1 aromatic heterocycles.